The van der Waals surface area contributed by atoms with Gasteiger partial charge in [-0.25, -0.2) is 8.42 Å². The summed E-state index contributed by atoms with van der Waals surface area (Å²) in [5, 5.41) is 0. The third-order valence-corrected chi connectivity index (χ3v) is 6.75. The zero-order valence-electron chi connectivity index (χ0n) is 14.9. The number of amides is 1. The number of benzene rings is 1. The maximum absolute atomic E-state index is 12.7. The van der Waals surface area contributed by atoms with E-state index in [1.807, 2.05) is 13.8 Å². The lowest BCUT2D eigenvalue weighted by Crippen LogP contribution is -2.41. The van der Waals surface area contributed by atoms with E-state index in [4.69, 9.17) is 5.73 Å². The number of rotatable bonds is 5. The molecular weight excluding hydrogens is 326 g/mol. The van der Waals surface area contributed by atoms with Gasteiger partial charge in [-0.15, -0.1) is 0 Å². The third kappa shape index (κ3) is 3.79. The molecule has 1 aromatic rings. The number of hydrogen-bond acceptors (Lipinski definition) is 4. The summed E-state index contributed by atoms with van der Waals surface area (Å²) in [7, 11) is -2.23. The second kappa shape index (κ2) is 6.82. The molecule has 1 amide bonds. The van der Waals surface area contributed by atoms with E-state index in [-0.39, 0.29) is 22.8 Å². The standard InChI is InChI=1S/C17H27N3O3S/c1-13-5-6-15(9-14(13)2)24(22,23)19(4)10-16(21)20-8-7-17(3,11-18)12-20/h5-6,9H,7-8,10-12,18H2,1-4H3. The van der Waals surface area contributed by atoms with Crippen LogP contribution in [0, 0.1) is 19.3 Å². The molecular formula is C17H27N3O3S. The minimum Gasteiger partial charge on any atom is -0.341 e. The summed E-state index contributed by atoms with van der Waals surface area (Å²) >= 11 is 0. The van der Waals surface area contributed by atoms with Gasteiger partial charge in [-0.05, 0) is 55.5 Å². The molecule has 7 heteroatoms. The van der Waals surface area contributed by atoms with E-state index in [1.54, 1.807) is 23.1 Å². The zero-order valence-corrected chi connectivity index (χ0v) is 15.7. The Bertz CT molecular complexity index is 733. The lowest BCUT2D eigenvalue weighted by molar-refractivity contribution is -0.130. The maximum atomic E-state index is 12.7. The zero-order chi connectivity index (χ0) is 18.1. The van der Waals surface area contributed by atoms with Gasteiger partial charge in [-0.1, -0.05) is 13.0 Å². The fraction of sp³-hybridized carbons (Fsp3) is 0.588. The van der Waals surface area contributed by atoms with Crippen molar-refractivity contribution in [1.29, 1.82) is 0 Å². The van der Waals surface area contributed by atoms with Crippen LogP contribution in [0.5, 0.6) is 0 Å². The molecule has 1 aliphatic rings. The smallest absolute Gasteiger partial charge is 0.243 e. The summed E-state index contributed by atoms with van der Waals surface area (Å²) in [6.45, 7) is 7.43. The van der Waals surface area contributed by atoms with Crippen LogP contribution in [-0.4, -0.2) is 56.8 Å². The highest BCUT2D eigenvalue weighted by molar-refractivity contribution is 7.89. The monoisotopic (exact) mass is 353 g/mol. The molecule has 0 aromatic heterocycles. The van der Waals surface area contributed by atoms with Crippen molar-refractivity contribution in [3.05, 3.63) is 29.3 Å². The van der Waals surface area contributed by atoms with Gasteiger partial charge in [0.1, 0.15) is 0 Å². The van der Waals surface area contributed by atoms with Crippen LogP contribution in [0.25, 0.3) is 0 Å². The fourth-order valence-corrected chi connectivity index (χ4v) is 4.04. The molecule has 1 atom stereocenters. The minimum atomic E-state index is -3.68. The summed E-state index contributed by atoms with van der Waals surface area (Å²) in [5.74, 6) is -0.179. The average molecular weight is 353 g/mol. The molecule has 0 bridgehead atoms. The Morgan fingerprint density at radius 3 is 2.54 bits per heavy atom. The highest BCUT2D eigenvalue weighted by Gasteiger charge is 2.36. The molecule has 0 aliphatic carbocycles. The van der Waals surface area contributed by atoms with Gasteiger partial charge in [0.05, 0.1) is 11.4 Å². The first-order valence-electron chi connectivity index (χ1n) is 8.10. The number of nitrogens with zero attached hydrogens (tertiary/aromatic N) is 2. The van der Waals surface area contributed by atoms with E-state index in [0.717, 1.165) is 21.9 Å². The first kappa shape index (κ1) is 18.9. The molecule has 0 radical (unpaired) electrons. The number of carbonyl (C=O) groups is 1. The van der Waals surface area contributed by atoms with E-state index < -0.39 is 10.0 Å². The van der Waals surface area contributed by atoms with Gasteiger partial charge in [0.25, 0.3) is 0 Å². The second-order valence-electron chi connectivity index (χ2n) is 7.09. The molecule has 1 unspecified atom stereocenters. The molecule has 6 nitrogen and oxygen atoms in total. The van der Waals surface area contributed by atoms with Crippen molar-refractivity contribution in [2.24, 2.45) is 11.1 Å². The van der Waals surface area contributed by atoms with Gasteiger partial charge in [-0.2, -0.15) is 4.31 Å². The summed E-state index contributed by atoms with van der Waals surface area (Å²) < 4.78 is 26.5. The van der Waals surface area contributed by atoms with Crippen molar-refractivity contribution in [3.8, 4) is 0 Å². The molecule has 1 saturated heterocycles. The summed E-state index contributed by atoms with van der Waals surface area (Å²) in [5.41, 5.74) is 7.64. The van der Waals surface area contributed by atoms with Crippen molar-refractivity contribution >= 4 is 15.9 Å². The second-order valence-corrected chi connectivity index (χ2v) is 9.13. The van der Waals surface area contributed by atoms with Crippen molar-refractivity contribution < 1.29 is 13.2 Å². The molecule has 134 valence electrons. The normalized spacial score (nSPS) is 21.5. The van der Waals surface area contributed by atoms with Crippen LogP contribution < -0.4 is 5.73 Å². The predicted octanol–water partition coefficient (Wildman–Crippen LogP) is 1.12. The summed E-state index contributed by atoms with van der Waals surface area (Å²) in [6.07, 6.45) is 0.850. The molecule has 1 aromatic carbocycles. The summed E-state index contributed by atoms with van der Waals surface area (Å²) in [4.78, 5) is 14.4. The fourth-order valence-electron chi connectivity index (χ4n) is 2.83. The van der Waals surface area contributed by atoms with Crippen molar-refractivity contribution in [1.82, 2.24) is 9.21 Å². The topological polar surface area (TPSA) is 83.7 Å². The van der Waals surface area contributed by atoms with Crippen molar-refractivity contribution in [2.75, 3.05) is 33.2 Å². The quantitative estimate of drug-likeness (QED) is 0.860. The van der Waals surface area contributed by atoms with Crippen LogP contribution in [0.4, 0.5) is 0 Å². The third-order valence-electron chi connectivity index (χ3n) is 4.95. The van der Waals surface area contributed by atoms with Crippen molar-refractivity contribution in [2.45, 2.75) is 32.1 Å². The SMILES string of the molecule is Cc1ccc(S(=O)(=O)N(C)CC(=O)N2CCC(C)(CN)C2)cc1C. The Balaban J connectivity index is 2.09. The first-order valence-corrected chi connectivity index (χ1v) is 9.54. The predicted molar refractivity (Wildman–Crippen MR) is 94.1 cm³/mol. The van der Waals surface area contributed by atoms with Gasteiger partial charge >= 0.3 is 0 Å². The number of likely N-dealkylation sites (N-methyl/N-ethyl adjacent to an activating group) is 1. The highest BCUT2D eigenvalue weighted by atomic mass is 32.2. The van der Waals surface area contributed by atoms with Gasteiger partial charge in [-0.3, -0.25) is 4.79 Å². The van der Waals surface area contributed by atoms with Gasteiger partial charge in [0.15, 0.2) is 0 Å². The highest BCUT2D eigenvalue weighted by Crippen LogP contribution is 2.28. The van der Waals surface area contributed by atoms with E-state index in [9.17, 15) is 13.2 Å². The number of carbonyl (C=O) groups excluding carboxylic acids is 1. The van der Waals surface area contributed by atoms with Crippen LogP contribution in [0.2, 0.25) is 0 Å². The number of hydrogen-bond donors (Lipinski definition) is 1. The molecule has 1 heterocycles. The Morgan fingerprint density at radius 2 is 2.00 bits per heavy atom. The van der Waals surface area contributed by atoms with Gasteiger partial charge in [0, 0.05) is 20.1 Å². The van der Waals surface area contributed by atoms with Crippen LogP contribution in [-0.2, 0) is 14.8 Å². The van der Waals surface area contributed by atoms with Crippen molar-refractivity contribution in [3.63, 3.8) is 0 Å². The summed E-state index contributed by atoms with van der Waals surface area (Å²) in [6, 6.07) is 5.01. The number of likely N-dealkylation sites (tertiary alicyclic amines) is 1. The number of aryl methyl sites for hydroxylation is 2. The molecule has 0 spiro atoms. The van der Waals surface area contributed by atoms with E-state index >= 15 is 0 Å². The maximum Gasteiger partial charge on any atom is 0.243 e. The van der Waals surface area contributed by atoms with E-state index in [0.29, 0.717) is 19.6 Å². The van der Waals surface area contributed by atoms with Crippen LogP contribution >= 0.6 is 0 Å². The number of nitrogens with two attached hydrogens (primary N) is 1. The number of sulfonamides is 1. The molecule has 0 saturated carbocycles. The van der Waals surface area contributed by atoms with E-state index in [1.165, 1.54) is 7.05 Å². The van der Waals surface area contributed by atoms with Gasteiger partial charge in [0.2, 0.25) is 15.9 Å². The van der Waals surface area contributed by atoms with E-state index in [2.05, 4.69) is 6.92 Å². The molecule has 2 rings (SSSR count). The first-order chi connectivity index (χ1) is 11.1. The molecule has 1 aliphatic heterocycles. The largest absolute Gasteiger partial charge is 0.341 e. The molecule has 24 heavy (non-hydrogen) atoms. The Hall–Kier alpha value is -1.44. The molecule has 1 fully saturated rings. The van der Waals surface area contributed by atoms with Crippen LogP contribution in [0.1, 0.15) is 24.5 Å². The Kier molecular flexibility index (Phi) is 5.37. The van der Waals surface area contributed by atoms with Crippen LogP contribution in [0.3, 0.4) is 0 Å². The molecule has 2 N–H and O–H groups in total. The Morgan fingerprint density at radius 1 is 1.33 bits per heavy atom. The Labute approximate surface area is 144 Å². The van der Waals surface area contributed by atoms with Gasteiger partial charge < -0.3 is 10.6 Å². The lowest BCUT2D eigenvalue weighted by Gasteiger charge is -2.24. The average Bonchev–Trinajstić information content (AvgIpc) is 2.93. The minimum absolute atomic E-state index is 0.0683. The lowest BCUT2D eigenvalue weighted by atomic mass is 9.90. The van der Waals surface area contributed by atoms with Crippen LogP contribution in [0.15, 0.2) is 23.1 Å².